The average molecular weight is 260 g/mol. The van der Waals surface area contributed by atoms with E-state index in [1.807, 2.05) is 31.2 Å². The summed E-state index contributed by atoms with van der Waals surface area (Å²) in [4.78, 5) is 12.1. The van der Waals surface area contributed by atoms with Crippen LogP contribution in [0.3, 0.4) is 0 Å². The molecule has 0 aromatic heterocycles. The van der Waals surface area contributed by atoms with Gasteiger partial charge in [-0.1, -0.05) is 35.5 Å². The lowest BCUT2D eigenvalue weighted by molar-refractivity contribution is -0.386. The van der Waals surface area contributed by atoms with Crippen LogP contribution in [0.15, 0.2) is 52.3 Å². The summed E-state index contributed by atoms with van der Waals surface area (Å²) in [5, 5.41) is 11.0. The molecule has 0 atom stereocenters. The van der Waals surface area contributed by atoms with Gasteiger partial charge in [-0.15, -0.1) is 0 Å². The summed E-state index contributed by atoms with van der Waals surface area (Å²) < 4.78 is 0. The van der Waals surface area contributed by atoms with Crippen LogP contribution in [0.1, 0.15) is 5.56 Å². The van der Waals surface area contributed by atoms with Crippen LogP contribution >= 0.6 is 11.8 Å². The molecule has 0 aliphatic heterocycles. The Labute approximate surface area is 109 Å². The quantitative estimate of drug-likeness (QED) is 0.519. The smallest absolute Gasteiger partial charge is 0.305 e. The van der Waals surface area contributed by atoms with Crippen molar-refractivity contribution in [1.82, 2.24) is 0 Å². The summed E-state index contributed by atoms with van der Waals surface area (Å²) >= 11 is 1.35. The fourth-order valence-electron chi connectivity index (χ4n) is 1.62. The minimum Gasteiger partial charge on any atom is -0.393 e. The standard InChI is InChI=1S/C13H12N2O2S/c1-9-4-2-5-10(8-9)18-12-7-3-6-11(14)13(12)15(16)17/h2-8H,14H2,1H3. The highest BCUT2D eigenvalue weighted by atomic mass is 32.2. The van der Waals surface area contributed by atoms with Gasteiger partial charge in [0.25, 0.3) is 0 Å². The van der Waals surface area contributed by atoms with Crippen molar-refractivity contribution in [3.63, 3.8) is 0 Å². The van der Waals surface area contributed by atoms with Crippen LogP contribution in [0.2, 0.25) is 0 Å². The number of para-hydroxylation sites is 1. The van der Waals surface area contributed by atoms with Crippen LogP contribution in [-0.4, -0.2) is 4.92 Å². The molecule has 2 aromatic rings. The molecule has 0 fully saturated rings. The molecular weight excluding hydrogens is 248 g/mol. The second-order valence-corrected chi connectivity index (χ2v) is 4.99. The highest BCUT2D eigenvalue weighted by Crippen LogP contribution is 2.38. The normalized spacial score (nSPS) is 10.3. The molecule has 2 aromatic carbocycles. The topological polar surface area (TPSA) is 69.2 Å². The number of nitrogens with two attached hydrogens (primary N) is 1. The second kappa shape index (κ2) is 5.10. The van der Waals surface area contributed by atoms with Gasteiger partial charge in [-0.05, 0) is 31.2 Å². The third-order valence-electron chi connectivity index (χ3n) is 2.43. The molecule has 0 radical (unpaired) electrons. The number of nitro groups is 1. The maximum Gasteiger partial charge on any atom is 0.305 e. The van der Waals surface area contributed by atoms with E-state index in [9.17, 15) is 10.1 Å². The molecule has 0 bridgehead atoms. The summed E-state index contributed by atoms with van der Waals surface area (Å²) in [7, 11) is 0. The van der Waals surface area contributed by atoms with Crippen LogP contribution < -0.4 is 5.73 Å². The zero-order valence-corrected chi connectivity index (χ0v) is 10.6. The van der Waals surface area contributed by atoms with Gasteiger partial charge < -0.3 is 5.73 Å². The number of aryl methyl sites for hydroxylation is 1. The van der Waals surface area contributed by atoms with Gasteiger partial charge in [0.1, 0.15) is 5.69 Å². The lowest BCUT2D eigenvalue weighted by Gasteiger charge is -2.05. The Hall–Kier alpha value is -2.01. The Balaban J connectivity index is 2.40. The molecule has 2 N–H and O–H groups in total. The van der Waals surface area contributed by atoms with Crippen molar-refractivity contribution in [2.75, 3.05) is 5.73 Å². The highest BCUT2D eigenvalue weighted by Gasteiger charge is 2.18. The maximum atomic E-state index is 11.0. The van der Waals surface area contributed by atoms with Gasteiger partial charge in [0, 0.05) is 4.90 Å². The van der Waals surface area contributed by atoms with Gasteiger partial charge in [0.05, 0.1) is 9.82 Å². The molecule has 0 saturated heterocycles. The first-order chi connectivity index (χ1) is 8.58. The van der Waals surface area contributed by atoms with Crippen molar-refractivity contribution in [2.45, 2.75) is 16.7 Å². The maximum absolute atomic E-state index is 11.0. The monoisotopic (exact) mass is 260 g/mol. The zero-order valence-electron chi connectivity index (χ0n) is 9.79. The van der Waals surface area contributed by atoms with Gasteiger partial charge in [-0.25, -0.2) is 0 Å². The van der Waals surface area contributed by atoms with E-state index in [-0.39, 0.29) is 11.4 Å². The number of nitrogens with zero attached hydrogens (tertiary/aromatic N) is 1. The zero-order chi connectivity index (χ0) is 13.1. The predicted molar refractivity (Wildman–Crippen MR) is 72.8 cm³/mol. The van der Waals surface area contributed by atoms with Crippen molar-refractivity contribution in [1.29, 1.82) is 0 Å². The molecule has 0 heterocycles. The van der Waals surface area contributed by atoms with Gasteiger partial charge >= 0.3 is 5.69 Å². The first-order valence-corrected chi connectivity index (χ1v) is 6.17. The molecule has 0 unspecified atom stereocenters. The summed E-state index contributed by atoms with van der Waals surface area (Å²) in [6.07, 6.45) is 0. The Kier molecular flexibility index (Phi) is 3.53. The molecule has 4 nitrogen and oxygen atoms in total. The van der Waals surface area contributed by atoms with Crippen LogP contribution in [0.4, 0.5) is 11.4 Å². The van der Waals surface area contributed by atoms with E-state index in [2.05, 4.69) is 0 Å². The molecule has 92 valence electrons. The Morgan fingerprint density at radius 3 is 2.61 bits per heavy atom. The average Bonchev–Trinajstić information content (AvgIpc) is 2.28. The number of benzene rings is 2. The third-order valence-corrected chi connectivity index (χ3v) is 3.47. The van der Waals surface area contributed by atoms with E-state index >= 15 is 0 Å². The molecule has 0 aliphatic rings. The lowest BCUT2D eigenvalue weighted by atomic mass is 10.2. The fourth-order valence-corrected chi connectivity index (χ4v) is 2.70. The van der Waals surface area contributed by atoms with Crippen molar-refractivity contribution in [3.8, 4) is 0 Å². The van der Waals surface area contributed by atoms with Crippen molar-refractivity contribution < 1.29 is 4.92 Å². The molecule has 0 saturated carbocycles. The molecule has 18 heavy (non-hydrogen) atoms. The second-order valence-electron chi connectivity index (χ2n) is 3.87. The summed E-state index contributed by atoms with van der Waals surface area (Å²) in [5.74, 6) is 0. The van der Waals surface area contributed by atoms with Crippen LogP contribution in [0.5, 0.6) is 0 Å². The van der Waals surface area contributed by atoms with E-state index in [1.165, 1.54) is 11.8 Å². The van der Waals surface area contributed by atoms with E-state index in [0.717, 1.165) is 10.5 Å². The number of hydrogen-bond donors (Lipinski definition) is 1. The molecular formula is C13H12N2O2S. The summed E-state index contributed by atoms with van der Waals surface area (Å²) in [6, 6.07) is 12.8. The largest absolute Gasteiger partial charge is 0.393 e. The predicted octanol–water partition coefficient (Wildman–Crippen LogP) is 3.64. The SMILES string of the molecule is Cc1cccc(Sc2cccc(N)c2[N+](=O)[O-])c1. The Bertz CT molecular complexity index is 599. The number of rotatable bonds is 3. The first kappa shape index (κ1) is 12.4. The van der Waals surface area contributed by atoms with Gasteiger partial charge in [-0.2, -0.15) is 0 Å². The van der Waals surface area contributed by atoms with Crippen molar-refractivity contribution in [3.05, 3.63) is 58.1 Å². The van der Waals surface area contributed by atoms with E-state index in [1.54, 1.807) is 18.2 Å². The van der Waals surface area contributed by atoms with Crippen LogP contribution in [0.25, 0.3) is 0 Å². The minimum atomic E-state index is -0.437. The molecule has 0 spiro atoms. The Morgan fingerprint density at radius 1 is 1.22 bits per heavy atom. The molecule has 0 amide bonds. The van der Waals surface area contributed by atoms with Crippen LogP contribution in [-0.2, 0) is 0 Å². The summed E-state index contributed by atoms with van der Waals surface area (Å²) in [5.41, 5.74) is 6.94. The van der Waals surface area contributed by atoms with Crippen molar-refractivity contribution >= 4 is 23.1 Å². The van der Waals surface area contributed by atoms with Gasteiger partial charge in [0.2, 0.25) is 0 Å². The van der Waals surface area contributed by atoms with Gasteiger partial charge in [0.15, 0.2) is 0 Å². The van der Waals surface area contributed by atoms with Crippen LogP contribution in [0, 0.1) is 17.0 Å². The van der Waals surface area contributed by atoms with Crippen molar-refractivity contribution in [2.24, 2.45) is 0 Å². The first-order valence-electron chi connectivity index (χ1n) is 5.35. The lowest BCUT2D eigenvalue weighted by Crippen LogP contribution is -1.97. The van der Waals surface area contributed by atoms with Gasteiger partial charge in [-0.3, -0.25) is 10.1 Å². The molecule has 0 aliphatic carbocycles. The summed E-state index contributed by atoms with van der Waals surface area (Å²) in [6.45, 7) is 1.98. The number of anilines is 1. The number of nitro benzene ring substituents is 1. The molecule has 5 heteroatoms. The molecule has 2 rings (SSSR count). The highest BCUT2D eigenvalue weighted by molar-refractivity contribution is 7.99. The van der Waals surface area contributed by atoms with E-state index < -0.39 is 4.92 Å². The Morgan fingerprint density at radius 2 is 1.94 bits per heavy atom. The minimum absolute atomic E-state index is 0.0241. The number of nitrogen functional groups attached to an aromatic ring is 1. The fraction of sp³-hybridized carbons (Fsp3) is 0.0769. The number of hydrogen-bond acceptors (Lipinski definition) is 4. The van der Waals surface area contributed by atoms with E-state index in [0.29, 0.717) is 4.90 Å². The third kappa shape index (κ3) is 2.62. The van der Waals surface area contributed by atoms with E-state index in [4.69, 9.17) is 5.73 Å².